The highest BCUT2D eigenvalue weighted by Crippen LogP contribution is 2.35. The Bertz CT molecular complexity index is 1470. The Morgan fingerprint density at radius 3 is 2.28 bits per heavy atom. The number of aromatic nitrogens is 2. The fourth-order valence-electron chi connectivity index (χ4n) is 3.39. The molecule has 0 aliphatic rings. The number of halogens is 3. The SMILES string of the molecule is CS(=O)(=O)N(c1ccc(-c2ccc3cnn(C(N)=O)c3c2F)cc1)c1ccc(Cl)c(Cl)c1. The highest BCUT2D eigenvalue weighted by atomic mass is 35.5. The van der Waals surface area contributed by atoms with Crippen LogP contribution >= 0.6 is 23.2 Å². The second-order valence-corrected chi connectivity index (χ2v) is 9.58. The molecule has 0 aliphatic carbocycles. The molecule has 0 unspecified atom stereocenters. The Hall–Kier alpha value is -3.14. The number of carbonyl (C=O) groups is 1. The van der Waals surface area contributed by atoms with E-state index < -0.39 is 21.9 Å². The second kappa shape index (κ2) is 8.09. The fourth-order valence-corrected chi connectivity index (χ4v) is 4.68. The number of amides is 1. The van der Waals surface area contributed by atoms with E-state index in [1.807, 2.05) is 0 Å². The third-order valence-corrected chi connectivity index (χ3v) is 6.59. The predicted octanol–water partition coefficient (Wildman–Crippen LogP) is 5.17. The van der Waals surface area contributed by atoms with Gasteiger partial charge < -0.3 is 5.73 Å². The monoisotopic (exact) mass is 492 g/mol. The molecule has 11 heteroatoms. The lowest BCUT2D eigenvalue weighted by Gasteiger charge is -2.23. The van der Waals surface area contributed by atoms with E-state index in [1.165, 1.54) is 36.5 Å². The van der Waals surface area contributed by atoms with Crippen molar-refractivity contribution < 1.29 is 17.6 Å². The topological polar surface area (TPSA) is 98.3 Å². The third-order valence-electron chi connectivity index (χ3n) is 4.76. The van der Waals surface area contributed by atoms with Crippen molar-refractivity contribution in [2.45, 2.75) is 0 Å². The molecule has 1 heterocycles. The van der Waals surface area contributed by atoms with Crippen molar-refractivity contribution in [1.82, 2.24) is 9.78 Å². The summed E-state index contributed by atoms with van der Waals surface area (Å²) in [6.07, 6.45) is 2.40. The molecular weight excluding hydrogens is 478 g/mol. The van der Waals surface area contributed by atoms with Gasteiger partial charge in [0.1, 0.15) is 5.52 Å². The lowest BCUT2D eigenvalue weighted by Crippen LogP contribution is -2.24. The minimum atomic E-state index is -3.73. The Kier molecular flexibility index (Phi) is 5.58. The number of nitrogens with zero attached hydrogens (tertiary/aromatic N) is 3. The van der Waals surface area contributed by atoms with E-state index in [2.05, 4.69) is 5.10 Å². The Balaban J connectivity index is 1.80. The van der Waals surface area contributed by atoms with Crippen LogP contribution in [0.4, 0.5) is 20.6 Å². The first-order valence-electron chi connectivity index (χ1n) is 9.10. The summed E-state index contributed by atoms with van der Waals surface area (Å²) in [4.78, 5) is 11.5. The van der Waals surface area contributed by atoms with Crippen molar-refractivity contribution in [1.29, 1.82) is 0 Å². The molecule has 0 atom stereocenters. The van der Waals surface area contributed by atoms with Crippen LogP contribution in [0.2, 0.25) is 10.0 Å². The number of anilines is 2. The molecule has 0 saturated heterocycles. The summed E-state index contributed by atoms with van der Waals surface area (Å²) < 4.78 is 42.1. The smallest absolute Gasteiger partial charge is 0.340 e. The van der Waals surface area contributed by atoms with Gasteiger partial charge in [-0.3, -0.25) is 0 Å². The number of nitrogens with two attached hydrogens (primary N) is 1. The maximum absolute atomic E-state index is 15.2. The van der Waals surface area contributed by atoms with Gasteiger partial charge in [0, 0.05) is 10.9 Å². The van der Waals surface area contributed by atoms with Crippen LogP contribution in [0.25, 0.3) is 22.0 Å². The van der Waals surface area contributed by atoms with Crippen LogP contribution in [0.5, 0.6) is 0 Å². The number of rotatable bonds is 4. The number of hydrogen-bond acceptors (Lipinski definition) is 4. The van der Waals surface area contributed by atoms with Crippen LogP contribution in [0.15, 0.2) is 60.8 Å². The Labute approximate surface area is 192 Å². The molecular formula is C21H15Cl2FN4O3S. The summed E-state index contributed by atoms with van der Waals surface area (Å²) in [5, 5.41) is 4.73. The Morgan fingerprint density at radius 1 is 1.03 bits per heavy atom. The van der Waals surface area contributed by atoms with Crippen molar-refractivity contribution in [2.24, 2.45) is 5.73 Å². The first-order chi connectivity index (χ1) is 15.1. The van der Waals surface area contributed by atoms with Gasteiger partial charge in [-0.1, -0.05) is 47.5 Å². The summed E-state index contributed by atoms with van der Waals surface area (Å²) in [6.45, 7) is 0. The summed E-state index contributed by atoms with van der Waals surface area (Å²) in [5.74, 6) is -0.670. The summed E-state index contributed by atoms with van der Waals surface area (Å²) in [6, 6.07) is 12.9. The zero-order valence-corrected chi connectivity index (χ0v) is 18.8. The van der Waals surface area contributed by atoms with Crippen LogP contribution in [-0.2, 0) is 10.0 Å². The maximum atomic E-state index is 15.2. The third kappa shape index (κ3) is 3.90. The van der Waals surface area contributed by atoms with Gasteiger partial charge in [-0.2, -0.15) is 9.78 Å². The van der Waals surface area contributed by atoms with Gasteiger partial charge in [0.25, 0.3) is 0 Å². The van der Waals surface area contributed by atoms with Crippen LogP contribution in [0, 0.1) is 5.82 Å². The van der Waals surface area contributed by atoms with Gasteiger partial charge in [-0.25, -0.2) is 21.9 Å². The maximum Gasteiger partial charge on any atom is 0.340 e. The molecule has 1 aromatic heterocycles. The minimum Gasteiger partial charge on any atom is -0.350 e. The molecule has 2 N–H and O–H groups in total. The first kappa shape index (κ1) is 22.1. The van der Waals surface area contributed by atoms with E-state index in [4.69, 9.17) is 28.9 Å². The molecule has 3 aromatic carbocycles. The molecule has 0 aliphatic heterocycles. The van der Waals surface area contributed by atoms with E-state index in [9.17, 15) is 13.2 Å². The van der Waals surface area contributed by atoms with Crippen LogP contribution in [0.1, 0.15) is 0 Å². The van der Waals surface area contributed by atoms with Crippen molar-refractivity contribution in [3.8, 4) is 11.1 Å². The van der Waals surface area contributed by atoms with Gasteiger partial charge in [-0.05, 0) is 35.9 Å². The van der Waals surface area contributed by atoms with Gasteiger partial charge in [0.05, 0.1) is 33.9 Å². The largest absolute Gasteiger partial charge is 0.350 e. The minimum absolute atomic E-state index is 0.0346. The molecule has 4 rings (SSSR count). The van der Waals surface area contributed by atoms with E-state index >= 15 is 4.39 Å². The normalized spacial score (nSPS) is 11.6. The summed E-state index contributed by atoms with van der Waals surface area (Å²) in [7, 11) is -3.73. The molecule has 0 saturated carbocycles. The molecule has 4 aromatic rings. The molecule has 164 valence electrons. The van der Waals surface area contributed by atoms with Gasteiger partial charge in [0.2, 0.25) is 10.0 Å². The number of primary amides is 1. The van der Waals surface area contributed by atoms with Crippen molar-refractivity contribution in [2.75, 3.05) is 10.6 Å². The lowest BCUT2D eigenvalue weighted by atomic mass is 10.0. The van der Waals surface area contributed by atoms with Gasteiger partial charge >= 0.3 is 6.03 Å². The number of fused-ring (bicyclic) bond motifs is 1. The predicted molar refractivity (Wildman–Crippen MR) is 124 cm³/mol. The molecule has 0 radical (unpaired) electrons. The average Bonchev–Trinajstić information content (AvgIpc) is 3.16. The molecule has 0 bridgehead atoms. The van der Waals surface area contributed by atoms with E-state index in [0.29, 0.717) is 27.3 Å². The average molecular weight is 493 g/mol. The number of sulfonamides is 1. The summed E-state index contributed by atoms with van der Waals surface area (Å²) in [5.41, 5.74) is 6.51. The molecule has 0 spiro atoms. The van der Waals surface area contributed by atoms with Crippen LogP contribution in [0.3, 0.4) is 0 Å². The molecule has 1 amide bonds. The van der Waals surface area contributed by atoms with Gasteiger partial charge in [0.15, 0.2) is 5.82 Å². The van der Waals surface area contributed by atoms with Crippen LogP contribution < -0.4 is 10.0 Å². The molecule has 0 fully saturated rings. The van der Waals surface area contributed by atoms with E-state index in [-0.39, 0.29) is 16.1 Å². The standard InChI is InChI=1S/C21H15Cl2FN4O3S/c1-32(30,31)28(15-7-9-17(22)18(23)10-15)14-5-2-12(3-6-14)16-8-4-13-11-26-27(21(25)29)20(13)19(16)24/h2-11H,1H3,(H2,25,29). The van der Waals surface area contributed by atoms with Crippen molar-refractivity contribution >= 4 is 61.5 Å². The fraction of sp³-hybridized carbons (Fsp3) is 0.0476. The number of carbonyl (C=O) groups excluding carboxylic acids is 1. The number of benzene rings is 3. The first-order valence-corrected chi connectivity index (χ1v) is 11.7. The molecule has 32 heavy (non-hydrogen) atoms. The quantitative estimate of drug-likeness (QED) is 0.424. The summed E-state index contributed by atoms with van der Waals surface area (Å²) >= 11 is 12.0. The number of hydrogen-bond donors (Lipinski definition) is 1. The van der Waals surface area contributed by atoms with Gasteiger partial charge in [-0.15, -0.1) is 0 Å². The zero-order chi connectivity index (χ0) is 23.2. The highest BCUT2D eigenvalue weighted by molar-refractivity contribution is 7.92. The lowest BCUT2D eigenvalue weighted by molar-refractivity contribution is 0.248. The van der Waals surface area contributed by atoms with Crippen molar-refractivity contribution in [3.05, 3.63) is 76.7 Å². The Morgan fingerprint density at radius 2 is 1.69 bits per heavy atom. The zero-order valence-electron chi connectivity index (χ0n) is 16.5. The van der Waals surface area contributed by atoms with Crippen LogP contribution in [-0.4, -0.2) is 30.5 Å². The van der Waals surface area contributed by atoms with E-state index in [1.54, 1.807) is 24.3 Å². The highest BCUT2D eigenvalue weighted by Gasteiger charge is 2.22. The van der Waals surface area contributed by atoms with Crippen molar-refractivity contribution in [3.63, 3.8) is 0 Å². The van der Waals surface area contributed by atoms with E-state index in [0.717, 1.165) is 15.2 Å². The second-order valence-electron chi connectivity index (χ2n) is 6.93. The molecule has 7 nitrogen and oxygen atoms in total.